The lowest BCUT2D eigenvalue weighted by Crippen LogP contribution is -2.30. The van der Waals surface area contributed by atoms with Crippen LogP contribution >= 0.6 is 11.6 Å². The van der Waals surface area contributed by atoms with Crippen LogP contribution in [0.5, 0.6) is 0 Å². The van der Waals surface area contributed by atoms with Gasteiger partial charge in [0.25, 0.3) is 5.56 Å². The number of halogens is 1. The molecule has 6 nitrogen and oxygen atoms in total. The molecule has 0 spiro atoms. The number of hydrogen-bond acceptors (Lipinski definition) is 5. The fraction of sp³-hybridized carbons (Fsp3) is 0.400. The fourth-order valence-corrected chi connectivity index (χ4v) is 1.39. The third-order valence-electron chi connectivity index (χ3n) is 2.09. The van der Waals surface area contributed by atoms with Crippen molar-refractivity contribution < 1.29 is 10.2 Å². The van der Waals surface area contributed by atoms with E-state index in [0.717, 1.165) is 4.68 Å². The van der Waals surface area contributed by atoms with Crippen LogP contribution in [0.3, 0.4) is 0 Å². The van der Waals surface area contributed by atoms with Crippen LogP contribution in [0.25, 0.3) is 0 Å². The Hall–Kier alpha value is -1.37. The van der Waals surface area contributed by atoms with E-state index in [4.69, 9.17) is 21.8 Å². The predicted molar refractivity (Wildman–Crippen MR) is 65.3 cm³/mol. The lowest BCUT2D eigenvalue weighted by atomic mass is 10.3. The first-order chi connectivity index (χ1) is 8.13. The van der Waals surface area contributed by atoms with Crippen molar-refractivity contribution in [3.63, 3.8) is 0 Å². The molecule has 1 aromatic rings. The normalized spacial score (nSPS) is 10.6. The van der Waals surface area contributed by atoms with Crippen molar-refractivity contribution >= 4 is 17.3 Å². The van der Waals surface area contributed by atoms with E-state index < -0.39 is 11.6 Å². The Balaban J connectivity index is 3.00. The van der Waals surface area contributed by atoms with Crippen LogP contribution in [0.15, 0.2) is 23.6 Å². The van der Waals surface area contributed by atoms with E-state index in [2.05, 4.69) is 17.0 Å². The SMILES string of the molecule is C=CCn1ncc(NC(CO)CO)c(Cl)c1=O. The molecule has 0 amide bonds. The third-order valence-corrected chi connectivity index (χ3v) is 2.45. The van der Waals surface area contributed by atoms with Crippen molar-refractivity contribution in [3.8, 4) is 0 Å². The molecule has 0 bridgehead atoms. The third kappa shape index (κ3) is 3.29. The summed E-state index contributed by atoms with van der Waals surface area (Å²) in [6.45, 7) is 3.22. The Morgan fingerprint density at radius 3 is 2.76 bits per heavy atom. The molecule has 1 rings (SSSR count). The molecule has 3 N–H and O–H groups in total. The molecule has 0 radical (unpaired) electrons. The topological polar surface area (TPSA) is 87.4 Å². The molecule has 7 heteroatoms. The Labute approximate surface area is 103 Å². The number of hydrogen-bond donors (Lipinski definition) is 3. The minimum absolute atomic E-state index is 0.0336. The molecule has 0 aliphatic rings. The molecule has 0 saturated carbocycles. The van der Waals surface area contributed by atoms with Crippen LogP contribution in [0, 0.1) is 0 Å². The molecule has 1 heterocycles. The highest BCUT2D eigenvalue weighted by molar-refractivity contribution is 6.32. The second kappa shape index (κ2) is 6.39. The number of nitrogens with zero attached hydrogens (tertiary/aromatic N) is 2. The zero-order chi connectivity index (χ0) is 12.8. The van der Waals surface area contributed by atoms with Gasteiger partial charge in [0, 0.05) is 0 Å². The van der Waals surface area contributed by atoms with E-state index >= 15 is 0 Å². The molecule has 0 aromatic carbocycles. The average Bonchev–Trinajstić information content (AvgIpc) is 2.34. The number of nitrogens with one attached hydrogen (secondary N) is 1. The molecule has 0 aliphatic carbocycles. The van der Waals surface area contributed by atoms with E-state index in [-0.39, 0.29) is 30.5 Å². The van der Waals surface area contributed by atoms with E-state index in [0.29, 0.717) is 0 Å². The molecule has 0 unspecified atom stereocenters. The van der Waals surface area contributed by atoms with Gasteiger partial charge in [-0.3, -0.25) is 4.79 Å². The number of aliphatic hydroxyl groups is 2. The van der Waals surface area contributed by atoms with Crippen LogP contribution in [0.2, 0.25) is 5.02 Å². The van der Waals surface area contributed by atoms with Crippen molar-refractivity contribution in [2.75, 3.05) is 18.5 Å². The molecule has 0 fully saturated rings. The molecule has 1 aromatic heterocycles. The predicted octanol–water partition coefficient (Wildman–Crippen LogP) is -0.152. The zero-order valence-corrected chi connectivity index (χ0v) is 9.89. The molecule has 17 heavy (non-hydrogen) atoms. The Bertz CT molecular complexity index is 443. The summed E-state index contributed by atoms with van der Waals surface area (Å²) in [5.74, 6) is 0. The summed E-state index contributed by atoms with van der Waals surface area (Å²) in [6.07, 6.45) is 2.90. The summed E-state index contributed by atoms with van der Waals surface area (Å²) in [6, 6.07) is -0.580. The maximum absolute atomic E-state index is 11.7. The van der Waals surface area contributed by atoms with Crippen LogP contribution in [-0.2, 0) is 6.54 Å². The van der Waals surface area contributed by atoms with Gasteiger partial charge in [-0.2, -0.15) is 5.10 Å². The molecular formula is C10H14ClN3O3. The molecule has 0 atom stereocenters. The van der Waals surface area contributed by atoms with Gasteiger partial charge >= 0.3 is 0 Å². The highest BCUT2D eigenvalue weighted by atomic mass is 35.5. The van der Waals surface area contributed by atoms with Crippen molar-refractivity contribution in [2.24, 2.45) is 0 Å². The van der Waals surface area contributed by atoms with Gasteiger partial charge in [-0.25, -0.2) is 4.68 Å². The summed E-state index contributed by atoms with van der Waals surface area (Å²) in [4.78, 5) is 11.7. The van der Waals surface area contributed by atoms with E-state index in [1.807, 2.05) is 0 Å². The second-order valence-electron chi connectivity index (χ2n) is 3.35. The van der Waals surface area contributed by atoms with Gasteiger partial charge in [-0.1, -0.05) is 17.7 Å². The Morgan fingerprint density at radius 1 is 1.59 bits per heavy atom. The van der Waals surface area contributed by atoms with Gasteiger partial charge < -0.3 is 15.5 Å². The quantitative estimate of drug-likeness (QED) is 0.619. The highest BCUT2D eigenvalue weighted by Gasteiger charge is 2.12. The van der Waals surface area contributed by atoms with Gasteiger partial charge in [0.15, 0.2) is 0 Å². The Kier molecular flexibility index (Phi) is 5.14. The molecule has 0 saturated heterocycles. The van der Waals surface area contributed by atoms with Crippen molar-refractivity contribution in [3.05, 3.63) is 34.2 Å². The van der Waals surface area contributed by atoms with Crippen LogP contribution in [0.1, 0.15) is 0 Å². The van der Waals surface area contributed by atoms with Crippen molar-refractivity contribution in [1.82, 2.24) is 9.78 Å². The first-order valence-electron chi connectivity index (χ1n) is 4.98. The summed E-state index contributed by atoms with van der Waals surface area (Å²) in [5.41, 5.74) is -0.170. The van der Waals surface area contributed by atoms with E-state index in [1.54, 1.807) is 0 Å². The second-order valence-corrected chi connectivity index (χ2v) is 3.73. The fourth-order valence-electron chi connectivity index (χ4n) is 1.19. The molecule has 0 aliphatic heterocycles. The highest BCUT2D eigenvalue weighted by Crippen LogP contribution is 2.16. The largest absolute Gasteiger partial charge is 0.394 e. The maximum atomic E-state index is 11.7. The van der Waals surface area contributed by atoms with E-state index in [1.165, 1.54) is 12.3 Å². The summed E-state index contributed by atoms with van der Waals surface area (Å²) >= 11 is 5.86. The maximum Gasteiger partial charge on any atom is 0.287 e. The lowest BCUT2D eigenvalue weighted by molar-refractivity contribution is 0.204. The molecule has 94 valence electrons. The van der Waals surface area contributed by atoms with Crippen molar-refractivity contribution in [2.45, 2.75) is 12.6 Å². The van der Waals surface area contributed by atoms with Crippen LogP contribution in [0.4, 0.5) is 5.69 Å². The number of allylic oxidation sites excluding steroid dienone is 1. The smallest absolute Gasteiger partial charge is 0.287 e. The molecular weight excluding hydrogens is 246 g/mol. The average molecular weight is 260 g/mol. The summed E-state index contributed by atoms with van der Waals surface area (Å²) in [7, 11) is 0. The number of anilines is 1. The van der Waals surface area contributed by atoms with Crippen molar-refractivity contribution in [1.29, 1.82) is 0 Å². The van der Waals surface area contributed by atoms with Crippen LogP contribution in [-0.4, -0.2) is 39.2 Å². The number of rotatable bonds is 6. The lowest BCUT2D eigenvalue weighted by Gasteiger charge is -2.15. The zero-order valence-electron chi connectivity index (χ0n) is 9.14. The minimum Gasteiger partial charge on any atom is -0.394 e. The standard InChI is InChI=1S/C10H14ClN3O3/c1-2-3-14-10(17)9(11)8(4-12-14)13-7(5-15)6-16/h2,4,7,13,15-16H,1,3,5-6H2. The minimum atomic E-state index is -0.580. The van der Waals surface area contributed by atoms with Gasteiger partial charge in [0.1, 0.15) is 5.02 Å². The summed E-state index contributed by atoms with van der Waals surface area (Å²) in [5, 5.41) is 24.4. The van der Waals surface area contributed by atoms with Gasteiger partial charge in [0.05, 0.1) is 37.7 Å². The first-order valence-corrected chi connectivity index (χ1v) is 5.36. The first kappa shape index (κ1) is 13.7. The number of aromatic nitrogens is 2. The van der Waals surface area contributed by atoms with Gasteiger partial charge in [-0.15, -0.1) is 6.58 Å². The van der Waals surface area contributed by atoms with Gasteiger partial charge in [0.2, 0.25) is 0 Å². The monoisotopic (exact) mass is 259 g/mol. The van der Waals surface area contributed by atoms with Crippen LogP contribution < -0.4 is 10.9 Å². The Morgan fingerprint density at radius 2 is 2.24 bits per heavy atom. The van der Waals surface area contributed by atoms with E-state index in [9.17, 15) is 4.79 Å². The van der Waals surface area contributed by atoms with Gasteiger partial charge in [-0.05, 0) is 0 Å². The summed E-state index contributed by atoms with van der Waals surface area (Å²) < 4.78 is 1.16. The number of aliphatic hydroxyl groups excluding tert-OH is 2.